The van der Waals surface area contributed by atoms with Crippen molar-refractivity contribution in [2.75, 3.05) is 18.1 Å². The van der Waals surface area contributed by atoms with Crippen LogP contribution in [0.25, 0.3) is 0 Å². The first-order valence-electron chi connectivity index (χ1n) is 4.86. The lowest BCUT2D eigenvalue weighted by Crippen LogP contribution is -2.16. The van der Waals surface area contributed by atoms with Crippen LogP contribution in [0.15, 0.2) is 29.2 Å². The minimum absolute atomic E-state index is 0. The van der Waals surface area contributed by atoms with Gasteiger partial charge in [0, 0.05) is 18.1 Å². The normalized spacial score (nSPS) is 9.65. The average Bonchev–Trinajstić information content (AvgIpc) is 2.72. The molecule has 17 heavy (non-hydrogen) atoms. The molecule has 1 aromatic heterocycles. The number of halogens is 1. The Labute approximate surface area is 110 Å². The molecule has 0 fully saturated rings. The molecule has 0 atom stereocenters. The third-order valence-electron chi connectivity index (χ3n) is 1.79. The summed E-state index contributed by atoms with van der Waals surface area (Å²) in [7, 11) is 0. The van der Waals surface area contributed by atoms with E-state index in [2.05, 4.69) is 11.9 Å². The number of hydrogen-bond acceptors (Lipinski definition) is 5. The van der Waals surface area contributed by atoms with Crippen LogP contribution in [0.2, 0.25) is 0 Å². The molecule has 1 N–H and O–H groups in total. The largest absolute Gasteiger partial charge is 0.433 e. The highest BCUT2D eigenvalue weighted by atomic mass is 35.5. The highest BCUT2D eigenvalue weighted by molar-refractivity contribution is 7.99. The van der Waals surface area contributed by atoms with Gasteiger partial charge in [-0.3, -0.25) is 10.1 Å². The van der Waals surface area contributed by atoms with E-state index < -0.39 is 4.92 Å². The molecule has 0 aliphatic rings. The van der Waals surface area contributed by atoms with E-state index in [9.17, 15) is 10.1 Å². The molecular weight excluding hydrogens is 264 g/mol. The maximum absolute atomic E-state index is 10.3. The Bertz CT molecular complexity index is 357. The summed E-state index contributed by atoms with van der Waals surface area (Å²) in [6.07, 6.45) is 1.86. The summed E-state index contributed by atoms with van der Waals surface area (Å²) in [5.74, 6) is 2.29. The smallest absolute Gasteiger partial charge is 0.404 e. The zero-order valence-electron chi connectivity index (χ0n) is 9.26. The molecule has 0 aromatic carbocycles. The molecule has 0 aliphatic heterocycles. The fraction of sp³-hybridized carbons (Fsp3) is 0.400. The SMILES string of the molecule is C=CCSCCNCc1ccc([N+](=O)[O-])o1.Cl. The second-order valence-corrected chi connectivity index (χ2v) is 4.19. The van der Waals surface area contributed by atoms with Gasteiger partial charge >= 0.3 is 5.88 Å². The number of hydrogen-bond donors (Lipinski definition) is 1. The number of rotatable bonds is 8. The van der Waals surface area contributed by atoms with Crippen molar-refractivity contribution < 1.29 is 9.34 Å². The van der Waals surface area contributed by atoms with E-state index >= 15 is 0 Å². The van der Waals surface area contributed by atoms with Crippen molar-refractivity contribution in [1.29, 1.82) is 0 Å². The van der Waals surface area contributed by atoms with Crippen molar-refractivity contribution in [3.05, 3.63) is 40.7 Å². The van der Waals surface area contributed by atoms with Crippen molar-refractivity contribution in [2.24, 2.45) is 0 Å². The first-order valence-corrected chi connectivity index (χ1v) is 6.02. The number of nitrogens with zero attached hydrogens (tertiary/aromatic N) is 1. The average molecular weight is 279 g/mol. The van der Waals surface area contributed by atoms with Gasteiger partial charge in [-0.15, -0.1) is 19.0 Å². The van der Waals surface area contributed by atoms with Crippen molar-refractivity contribution >= 4 is 30.1 Å². The first-order chi connectivity index (χ1) is 7.74. The van der Waals surface area contributed by atoms with Crippen molar-refractivity contribution in [2.45, 2.75) is 6.54 Å². The number of furan rings is 1. The van der Waals surface area contributed by atoms with E-state index in [0.717, 1.165) is 18.1 Å². The van der Waals surface area contributed by atoms with Crippen LogP contribution in [-0.2, 0) is 6.54 Å². The van der Waals surface area contributed by atoms with Gasteiger partial charge < -0.3 is 9.73 Å². The summed E-state index contributed by atoms with van der Waals surface area (Å²) in [6.45, 7) is 4.98. The zero-order valence-corrected chi connectivity index (χ0v) is 10.9. The van der Waals surface area contributed by atoms with Gasteiger partial charge in [-0.05, 0) is 6.07 Å². The molecule has 0 saturated carbocycles. The van der Waals surface area contributed by atoms with E-state index in [0.29, 0.717) is 12.3 Å². The first kappa shape index (κ1) is 16.0. The molecule has 96 valence electrons. The van der Waals surface area contributed by atoms with Gasteiger partial charge in [-0.1, -0.05) is 6.08 Å². The van der Waals surface area contributed by atoms with Crippen LogP contribution in [0.3, 0.4) is 0 Å². The topological polar surface area (TPSA) is 68.3 Å². The Kier molecular flexibility index (Phi) is 8.57. The van der Waals surface area contributed by atoms with Crippen molar-refractivity contribution in [3.63, 3.8) is 0 Å². The lowest BCUT2D eigenvalue weighted by atomic mass is 10.4. The minimum Gasteiger partial charge on any atom is -0.404 e. The molecule has 0 bridgehead atoms. The van der Waals surface area contributed by atoms with Gasteiger partial charge in [-0.25, -0.2) is 0 Å². The third kappa shape index (κ3) is 6.35. The van der Waals surface area contributed by atoms with Crippen LogP contribution in [-0.4, -0.2) is 23.0 Å². The van der Waals surface area contributed by atoms with Gasteiger partial charge in [0.05, 0.1) is 12.6 Å². The Morgan fingerprint density at radius 2 is 2.35 bits per heavy atom. The molecule has 0 saturated heterocycles. The van der Waals surface area contributed by atoms with Gasteiger partial charge in [0.2, 0.25) is 0 Å². The molecular formula is C10H15ClN2O3S. The number of nitro groups is 1. The molecule has 5 nitrogen and oxygen atoms in total. The molecule has 1 aromatic rings. The Hall–Kier alpha value is -0.980. The molecule has 0 spiro atoms. The van der Waals surface area contributed by atoms with Crippen LogP contribution in [0.1, 0.15) is 5.76 Å². The quantitative estimate of drug-likeness (QED) is 0.343. The van der Waals surface area contributed by atoms with Crippen LogP contribution in [0, 0.1) is 10.1 Å². The molecule has 1 heterocycles. The van der Waals surface area contributed by atoms with E-state index in [4.69, 9.17) is 4.42 Å². The van der Waals surface area contributed by atoms with Crippen LogP contribution in [0.5, 0.6) is 0 Å². The third-order valence-corrected chi connectivity index (χ3v) is 2.75. The van der Waals surface area contributed by atoms with E-state index in [1.54, 1.807) is 17.8 Å². The second-order valence-electron chi connectivity index (χ2n) is 3.04. The summed E-state index contributed by atoms with van der Waals surface area (Å²) in [5.41, 5.74) is 0. The maximum Gasteiger partial charge on any atom is 0.433 e. The standard InChI is InChI=1S/C10H14N2O3S.ClH/c1-2-6-16-7-5-11-8-9-3-4-10(15-9)12(13)14;/h2-4,11H,1,5-8H2;1H. The molecule has 0 aliphatic carbocycles. The van der Waals surface area contributed by atoms with Crippen LogP contribution < -0.4 is 5.32 Å². The monoisotopic (exact) mass is 278 g/mol. The molecule has 0 unspecified atom stereocenters. The summed E-state index contributed by atoms with van der Waals surface area (Å²) >= 11 is 1.78. The molecule has 1 rings (SSSR count). The number of thioether (sulfide) groups is 1. The Morgan fingerprint density at radius 1 is 1.59 bits per heavy atom. The second kappa shape index (κ2) is 9.09. The summed E-state index contributed by atoms with van der Waals surface area (Å²) in [6, 6.07) is 2.98. The van der Waals surface area contributed by atoms with E-state index in [1.807, 2.05) is 6.08 Å². The molecule has 7 heteroatoms. The van der Waals surface area contributed by atoms with Crippen LogP contribution >= 0.6 is 24.2 Å². The van der Waals surface area contributed by atoms with Crippen LogP contribution in [0.4, 0.5) is 5.88 Å². The van der Waals surface area contributed by atoms with Gasteiger partial charge in [-0.2, -0.15) is 11.8 Å². The van der Waals surface area contributed by atoms with Gasteiger partial charge in [0.25, 0.3) is 0 Å². The predicted octanol–water partition coefficient (Wildman–Crippen LogP) is 2.62. The fourth-order valence-corrected chi connectivity index (χ4v) is 1.70. The lowest BCUT2D eigenvalue weighted by molar-refractivity contribution is -0.402. The maximum atomic E-state index is 10.3. The summed E-state index contributed by atoms with van der Waals surface area (Å²) in [5, 5.41) is 13.5. The highest BCUT2D eigenvalue weighted by Gasteiger charge is 2.10. The Balaban J connectivity index is 0.00000256. The van der Waals surface area contributed by atoms with Crippen molar-refractivity contribution in [1.82, 2.24) is 5.32 Å². The predicted molar refractivity (Wildman–Crippen MR) is 71.8 cm³/mol. The van der Waals surface area contributed by atoms with E-state index in [-0.39, 0.29) is 18.3 Å². The van der Waals surface area contributed by atoms with Crippen molar-refractivity contribution in [3.8, 4) is 0 Å². The Morgan fingerprint density at radius 3 is 2.94 bits per heavy atom. The molecule has 0 radical (unpaired) electrons. The fourth-order valence-electron chi connectivity index (χ4n) is 1.08. The summed E-state index contributed by atoms with van der Waals surface area (Å²) < 4.78 is 4.99. The minimum atomic E-state index is -0.538. The highest BCUT2D eigenvalue weighted by Crippen LogP contribution is 2.15. The van der Waals surface area contributed by atoms with Gasteiger partial charge in [0.1, 0.15) is 10.7 Å². The zero-order chi connectivity index (χ0) is 11.8. The summed E-state index contributed by atoms with van der Waals surface area (Å²) in [4.78, 5) is 9.80. The van der Waals surface area contributed by atoms with E-state index in [1.165, 1.54) is 6.07 Å². The lowest BCUT2D eigenvalue weighted by Gasteiger charge is -2.00. The number of nitrogens with one attached hydrogen (secondary N) is 1. The molecule has 0 amide bonds. The van der Waals surface area contributed by atoms with Gasteiger partial charge in [0.15, 0.2) is 0 Å².